The molecule has 3 N–H and O–H groups in total. The van der Waals surface area contributed by atoms with Gasteiger partial charge in [-0.15, -0.1) is 0 Å². The molecule has 0 aromatic heterocycles. The number of rotatable bonds is 4. The molecule has 0 heterocycles. The molecule has 3 nitrogen and oxygen atoms in total. The third-order valence-electron chi connectivity index (χ3n) is 3.91. The van der Waals surface area contributed by atoms with E-state index in [9.17, 15) is 4.79 Å². The minimum absolute atomic E-state index is 0.120. The van der Waals surface area contributed by atoms with E-state index in [1.807, 2.05) is 0 Å². The van der Waals surface area contributed by atoms with Crippen LogP contribution in [-0.4, -0.2) is 17.6 Å². The summed E-state index contributed by atoms with van der Waals surface area (Å²) >= 11 is 0. The maximum atomic E-state index is 10.7. The van der Waals surface area contributed by atoms with Gasteiger partial charge in [-0.25, -0.2) is 0 Å². The van der Waals surface area contributed by atoms with Crippen LogP contribution in [-0.2, 0) is 4.79 Å². The lowest BCUT2D eigenvalue weighted by Crippen LogP contribution is -2.52. The van der Waals surface area contributed by atoms with Crippen molar-refractivity contribution in [3.63, 3.8) is 0 Å². The summed E-state index contributed by atoms with van der Waals surface area (Å²) in [5.74, 6) is -0.114. The molecule has 0 atom stereocenters. The van der Waals surface area contributed by atoms with Crippen molar-refractivity contribution in [2.75, 3.05) is 6.54 Å². The van der Waals surface area contributed by atoms with Gasteiger partial charge in [0.2, 0.25) is 0 Å². The van der Waals surface area contributed by atoms with Crippen LogP contribution in [0.2, 0.25) is 0 Å². The molecule has 0 bridgehead atoms. The Kier molecular flexibility index (Phi) is 2.91. The molecule has 0 amide bonds. The summed E-state index contributed by atoms with van der Waals surface area (Å²) in [6, 6.07) is 0. The van der Waals surface area contributed by atoms with E-state index in [0.717, 1.165) is 12.8 Å². The molecule has 0 spiro atoms. The third-order valence-corrected chi connectivity index (χ3v) is 3.91. The number of carboxylic acid groups (broad SMARTS) is 1. The molecular weight excluding hydrogens is 178 g/mol. The van der Waals surface area contributed by atoms with Crippen molar-refractivity contribution in [2.45, 2.75) is 40.0 Å². The molecule has 0 aromatic carbocycles. The maximum absolute atomic E-state index is 10.7. The van der Waals surface area contributed by atoms with Gasteiger partial charge in [-0.3, -0.25) is 4.79 Å². The van der Waals surface area contributed by atoms with E-state index in [1.54, 1.807) is 0 Å². The lowest BCUT2D eigenvalue weighted by molar-refractivity contribution is -0.146. The molecule has 0 saturated heterocycles. The average Bonchev–Trinajstić information content (AvgIpc) is 1.99. The SMILES string of the molecule is CC(C)[C@]1(C)C[C@@](CN)(CC(=O)O)C1. The Balaban J connectivity index is 2.60. The van der Waals surface area contributed by atoms with Crippen LogP contribution >= 0.6 is 0 Å². The second-order valence-corrected chi connectivity index (χ2v) is 5.44. The number of hydrogen-bond donors (Lipinski definition) is 2. The van der Waals surface area contributed by atoms with Gasteiger partial charge in [-0.1, -0.05) is 20.8 Å². The van der Waals surface area contributed by atoms with Crippen molar-refractivity contribution in [1.82, 2.24) is 0 Å². The van der Waals surface area contributed by atoms with Crippen LogP contribution in [0.3, 0.4) is 0 Å². The van der Waals surface area contributed by atoms with Crippen LogP contribution in [0.5, 0.6) is 0 Å². The van der Waals surface area contributed by atoms with Crippen molar-refractivity contribution >= 4 is 5.97 Å². The molecule has 0 unspecified atom stereocenters. The van der Waals surface area contributed by atoms with Crippen LogP contribution in [0, 0.1) is 16.7 Å². The number of carbonyl (C=O) groups is 1. The molecule has 1 rings (SSSR count). The Morgan fingerprint density at radius 1 is 1.50 bits per heavy atom. The van der Waals surface area contributed by atoms with Crippen LogP contribution in [0.25, 0.3) is 0 Å². The summed E-state index contributed by atoms with van der Waals surface area (Å²) in [6.07, 6.45) is 2.15. The van der Waals surface area contributed by atoms with E-state index in [4.69, 9.17) is 10.8 Å². The van der Waals surface area contributed by atoms with E-state index in [0.29, 0.717) is 17.9 Å². The van der Waals surface area contributed by atoms with Crippen LogP contribution in [0.15, 0.2) is 0 Å². The number of nitrogens with two attached hydrogens (primary N) is 1. The second kappa shape index (κ2) is 3.54. The fourth-order valence-corrected chi connectivity index (χ4v) is 2.73. The maximum Gasteiger partial charge on any atom is 0.303 e. The van der Waals surface area contributed by atoms with Crippen LogP contribution in [0.1, 0.15) is 40.0 Å². The van der Waals surface area contributed by atoms with E-state index in [1.165, 1.54) is 0 Å². The van der Waals surface area contributed by atoms with E-state index < -0.39 is 5.97 Å². The summed E-state index contributed by atoms with van der Waals surface area (Å²) in [6.45, 7) is 7.12. The van der Waals surface area contributed by atoms with Crippen LogP contribution in [0.4, 0.5) is 0 Å². The lowest BCUT2D eigenvalue weighted by Gasteiger charge is -2.56. The highest BCUT2D eigenvalue weighted by Gasteiger charge is 2.52. The first-order chi connectivity index (χ1) is 6.33. The highest BCUT2D eigenvalue weighted by atomic mass is 16.4. The molecule has 14 heavy (non-hydrogen) atoms. The van der Waals surface area contributed by atoms with Crippen molar-refractivity contribution in [3.05, 3.63) is 0 Å². The van der Waals surface area contributed by atoms with E-state index in [2.05, 4.69) is 20.8 Å². The zero-order valence-electron chi connectivity index (χ0n) is 9.34. The van der Waals surface area contributed by atoms with Crippen molar-refractivity contribution in [1.29, 1.82) is 0 Å². The monoisotopic (exact) mass is 199 g/mol. The molecule has 0 aliphatic heterocycles. The first-order valence-corrected chi connectivity index (χ1v) is 5.25. The van der Waals surface area contributed by atoms with Gasteiger partial charge in [0.1, 0.15) is 0 Å². The van der Waals surface area contributed by atoms with Crippen molar-refractivity contribution in [3.8, 4) is 0 Å². The topological polar surface area (TPSA) is 63.3 Å². The molecule has 3 heteroatoms. The van der Waals surface area contributed by atoms with Crippen molar-refractivity contribution in [2.24, 2.45) is 22.5 Å². The van der Waals surface area contributed by atoms with Crippen LogP contribution < -0.4 is 5.73 Å². The summed E-state index contributed by atoms with van der Waals surface area (Å²) < 4.78 is 0. The Hall–Kier alpha value is -0.570. The minimum Gasteiger partial charge on any atom is -0.481 e. The van der Waals surface area contributed by atoms with Gasteiger partial charge in [0.25, 0.3) is 0 Å². The van der Waals surface area contributed by atoms with Gasteiger partial charge < -0.3 is 10.8 Å². The number of carboxylic acids is 1. The first kappa shape index (κ1) is 11.5. The van der Waals surface area contributed by atoms with Gasteiger partial charge in [0.05, 0.1) is 6.42 Å². The summed E-state index contributed by atoms with van der Waals surface area (Å²) in [5.41, 5.74) is 5.86. The molecule has 1 aliphatic carbocycles. The minimum atomic E-state index is -0.721. The van der Waals surface area contributed by atoms with Gasteiger partial charge in [0.15, 0.2) is 0 Å². The summed E-state index contributed by atoms with van der Waals surface area (Å²) in [7, 11) is 0. The normalized spacial score (nSPS) is 36.9. The predicted molar refractivity (Wildman–Crippen MR) is 55.9 cm³/mol. The number of aliphatic carboxylic acids is 1. The summed E-state index contributed by atoms with van der Waals surface area (Å²) in [4.78, 5) is 10.7. The number of hydrogen-bond acceptors (Lipinski definition) is 2. The molecule has 1 aliphatic rings. The predicted octanol–water partition coefficient (Wildman–Crippen LogP) is 1.86. The van der Waals surface area contributed by atoms with Crippen molar-refractivity contribution < 1.29 is 9.90 Å². The highest BCUT2D eigenvalue weighted by Crippen LogP contribution is 2.59. The zero-order chi connectivity index (χ0) is 11.0. The van der Waals surface area contributed by atoms with E-state index in [-0.39, 0.29) is 11.8 Å². The standard InChI is InChI=1S/C11H21NO2/c1-8(2)10(3)5-11(6-10,7-12)4-9(13)14/h8H,4-7,12H2,1-3H3,(H,13,14)/t10-,11+. The average molecular weight is 199 g/mol. The van der Waals surface area contributed by atoms with Gasteiger partial charge in [-0.05, 0) is 36.1 Å². The third kappa shape index (κ3) is 1.92. The molecular formula is C11H21NO2. The quantitative estimate of drug-likeness (QED) is 0.726. The molecule has 0 aromatic rings. The lowest BCUT2D eigenvalue weighted by atomic mass is 9.49. The second-order valence-electron chi connectivity index (χ2n) is 5.44. The molecule has 82 valence electrons. The van der Waals surface area contributed by atoms with E-state index >= 15 is 0 Å². The Morgan fingerprint density at radius 2 is 2.00 bits per heavy atom. The molecule has 0 radical (unpaired) electrons. The Morgan fingerprint density at radius 3 is 2.29 bits per heavy atom. The Labute approximate surface area is 85.7 Å². The first-order valence-electron chi connectivity index (χ1n) is 5.25. The zero-order valence-corrected chi connectivity index (χ0v) is 9.34. The fourth-order valence-electron chi connectivity index (χ4n) is 2.73. The smallest absolute Gasteiger partial charge is 0.303 e. The molecule has 1 saturated carbocycles. The largest absolute Gasteiger partial charge is 0.481 e. The fraction of sp³-hybridized carbons (Fsp3) is 0.909. The van der Waals surface area contributed by atoms with Gasteiger partial charge >= 0.3 is 5.97 Å². The van der Waals surface area contributed by atoms with Gasteiger partial charge in [0, 0.05) is 0 Å². The Bertz CT molecular complexity index is 229. The molecule has 1 fully saturated rings. The van der Waals surface area contributed by atoms with Gasteiger partial charge in [-0.2, -0.15) is 0 Å². The summed E-state index contributed by atoms with van der Waals surface area (Å²) in [5, 5.41) is 8.80. The highest BCUT2D eigenvalue weighted by molar-refractivity contribution is 5.68.